The molecule has 3 nitrogen and oxygen atoms in total. The molecule has 0 radical (unpaired) electrons. The van der Waals surface area contributed by atoms with Gasteiger partial charge in [0.1, 0.15) is 5.75 Å². The summed E-state index contributed by atoms with van der Waals surface area (Å²) in [6, 6.07) is 19.5. The van der Waals surface area contributed by atoms with Gasteiger partial charge < -0.3 is 15.0 Å². The number of methoxy groups -OCH3 is 1. The summed E-state index contributed by atoms with van der Waals surface area (Å²) in [6.45, 7) is 5.87. The molecule has 0 spiro atoms. The highest BCUT2D eigenvalue weighted by Crippen LogP contribution is 2.35. The van der Waals surface area contributed by atoms with Gasteiger partial charge >= 0.3 is 0 Å². The minimum atomic E-state index is 0.559. The van der Waals surface area contributed by atoms with E-state index < -0.39 is 0 Å². The number of hydrogen-bond acceptors (Lipinski definition) is 3. The lowest BCUT2D eigenvalue weighted by molar-refractivity contribution is 0.159. The third-order valence-electron chi connectivity index (χ3n) is 6.45. The van der Waals surface area contributed by atoms with Gasteiger partial charge in [-0.3, -0.25) is 0 Å². The SMILES string of the molecule is COc1ccccc1C1CNCC1CN1CCC(Cc2ccccc2)CC1. The van der Waals surface area contributed by atoms with Crippen molar-refractivity contribution in [2.24, 2.45) is 11.8 Å². The molecule has 27 heavy (non-hydrogen) atoms. The van der Waals surface area contributed by atoms with E-state index in [1.165, 1.54) is 50.0 Å². The Morgan fingerprint density at radius 3 is 2.48 bits per heavy atom. The molecule has 0 bridgehead atoms. The minimum absolute atomic E-state index is 0.559. The Morgan fingerprint density at radius 1 is 0.963 bits per heavy atom. The first-order chi connectivity index (χ1) is 13.3. The number of piperidine rings is 1. The highest BCUT2D eigenvalue weighted by Gasteiger charge is 2.32. The molecule has 3 heteroatoms. The molecule has 2 aromatic carbocycles. The van der Waals surface area contributed by atoms with Gasteiger partial charge in [-0.25, -0.2) is 0 Å². The molecule has 2 fully saturated rings. The fourth-order valence-electron chi connectivity index (χ4n) is 4.91. The van der Waals surface area contributed by atoms with Crippen LogP contribution < -0.4 is 10.1 Å². The zero-order chi connectivity index (χ0) is 18.5. The Bertz CT molecular complexity index is 709. The summed E-state index contributed by atoms with van der Waals surface area (Å²) in [5, 5.41) is 3.62. The van der Waals surface area contributed by atoms with Crippen LogP contribution in [0.25, 0.3) is 0 Å². The van der Waals surface area contributed by atoms with Crippen molar-refractivity contribution in [3.05, 3.63) is 65.7 Å². The molecule has 2 aromatic rings. The van der Waals surface area contributed by atoms with Crippen LogP contribution in [-0.4, -0.2) is 44.7 Å². The molecule has 4 rings (SSSR count). The van der Waals surface area contributed by atoms with Crippen molar-refractivity contribution in [2.45, 2.75) is 25.2 Å². The van der Waals surface area contributed by atoms with E-state index >= 15 is 0 Å². The van der Waals surface area contributed by atoms with Gasteiger partial charge in [0, 0.05) is 19.0 Å². The quantitative estimate of drug-likeness (QED) is 0.840. The third kappa shape index (κ3) is 4.53. The van der Waals surface area contributed by atoms with Crippen LogP contribution in [0.2, 0.25) is 0 Å². The van der Waals surface area contributed by atoms with Crippen molar-refractivity contribution in [3.8, 4) is 5.75 Å². The van der Waals surface area contributed by atoms with Gasteiger partial charge in [0.25, 0.3) is 0 Å². The third-order valence-corrected chi connectivity index (χ3v) is 6.45. The van der Waals surface area contributed by atoms with Crippen molar-refractivity contribution in [2.75, 3.05) is 39.8 Å². The molecular formula is C24H32N2O. The Hall–Kier alpha value is -1.84. The number of rotatable bonds is 6. The molecule has 1 N–H and O–H groups in total. The molecule has 2 aliphatic rings. The van der Waals surface area contributed by atoms with Crippen LogP contribution in [0.5, 0.6) is 5.75 Å². The van der Waals surface area contributed by atoms with E-state index in [-0.39, 0.29) is 0 Å². The molecule has 0 aliphatic carbocycles. The highest BCUT2D eigenvalue weighted by atomic mass is 16.5. The Balaban J connectivity index is 1.32. The molecular weight excluding hydrogens is 332 g/mol. The molecule has 0 amide bonds. The normalized spacial score (nSPS) is 24.2. The van der Waals surface area contributed by atoms with Gasteiger partial charge in [-0.2, -0.15) is 0 Å². The van der Waals surface area contributed by atoms with E-state index in [0.29, 0.717) is 11.8 Å². The van der Waals surface area contributed by atoms with Crippen LogP contribution in [0.15, 0.2) is 54.6 Å². The van der Waals surface area contributed by atoms with Crippen LogP contribution in [-0.2, 0) is 6.42 Å². The predicted molar refractivity (Wildman–Crippen MR) is 111 cm³/mol. The number of benzene rings is 2. The summed E-state index contributed by atoms with van der Waals surface area (Å²) >= 11 is 0. The monoisotopic (exact) mass is 364 g/mol. The van der Waals surface area contributed by atoms with Gasteiger partial charge in [-0.05, 0) is 67.9 Å². The van der Waals surface area contributed by atoms with Crippen LogP contribution >= 0.6 is 0 Å². The van der Waals surface area contributed by atoms with E-state index in [9.17, 15) is 0 Å². The summed E-state index contributed by atoms with van der Waals surface area (Å²) in [4.78, 5) is 2.70. The lowest BCUT2D eigenvalue weighted by atomic mass is 9.86. The summed E-state index contributed by atoms with van der Waals surface area (Å²) in [6.07, 6.45) is 3.90. The lowest BCUT2D eigenvalue weighted by Gasteiger charge is -2.35. The molecule has 0 aromatic heterocycles. The number of para-hydroxylation sites is 1. The van der Waals surface area contributed by atoms with Crippen LogP contribution in [0.3, 0.4) is 0 Å². The molecule has 2 atom stereocenters. The molecule has 0 saturated carbocycles. The van der Waals surface area contributed by atoms with Gasteiger partial charge in [-0.15, -0.1) is 0 Å². The second-order valence-corrected chi connectivity index (χ2v) is 8.20. The summed E-state index contributed by atoms with van der Waals surface area (Å²) in [5.74, 6) is 3.11. The topological polar surface area (TPSA) is 24.5 Å². The van der Waals surface area contributed by atoms with Gasteiger partial charge in [0.2, 0.25) is 0 Å². The number of nitrogens with one attached hydrogen (secondary N) is 1. The lowest BCUT2D eigenvalue weighted by Crippen LogP contribution is -2.39. The summed E-state index contributed by atoms with van der Waals surface area (Å²) in [7, 11) is 1.79. The fourth-order valence-corrected chi connectivity index (χ4v) is 4.91. The van der Waals surface area contributed by atoms with Gasteiger partial charge in [-0.1, -0.05) is 48.5 Å². The van der Waals surface area contributed by atoms with Crippen molar-refractivity contribution < 1.29 is 4.74 Å². The van der Waals surface area contributed by atoms with Crippen LogP contribution in [0.4, 0.5) is 0 Å². The highest BCUT2D eigenvalue weighted by molar-refractivity contribution is 5.37. The second kappa shape index (κ2) is 8.90. The fraction of sp³-hybridized carbons (Fsp3) is 0.500. The largest absolute Gasteiger partial charge is 0.496 e. The number of nitrogens with zero attached hydrogens (tertiary/aromatic N) is 1. The maximum Gasteiger partial charge on any atom is 0.122 e. The van der Waals surface area contributed by atoms with E-state index in [1.54, 1.807) is 7.11 Å². The van der Waals surface area contributed by atoms with E-state index in [1.807, 2.05) is 0 Å². The molecule has 2 unspecified atom stereocenters. The zero-order valence-corrected chi connectivity index (χ0v) is 16.4. The molecule has 144 valence electrons. The smallest absolute Gasteiger partial charge is 0.122 e. The van der Waals surface area contributed by atoms with Gasteiger partial charge in [0.05, 0.1) is 7.11 Å². The summed E-state index contributed by atoms with van der Waals surface area (Å²) < 4.78 is 5.63. The molecule has 2 heterocycles. The zero-order valence-electron chi connectivity index (χ0n) is 16.4. The average Bonchev–Trinajstić information content (AvgIpc) is 3.18. The van der Waals surface area contributed by atoms with E-state index in [4.69, 9.17) is 4.74 Å². The van der Waals surface area contributed by atoms with Crippen LogP contribution in [0, 0.1) is 11.8 Å². The Kier molecular flexibility index (Phi) is 6.10. The van der Waals surface area contributed by atoms with Gasteiger partial charge in [0.15, 0.2) is 0 Å². The Labute approximate surface area is 163 Å². The maximum atomic E-state index is 5.63. The van der Waals surface area contributed by atoms with E-state index in [0.717, 1.165) is 24.8 Å². The minimum Gasteiger partial charge on any atom is -0.496 e. The van der Waals surface area contributed by atoms with Crippen molar-refractivity contribution in [1.29, 1.82) is 0 Å². The molecule has 2 saturated heterocycles. The average molecular weight is 365 g/mol. The van der Waals surface area contributed by atoms with Crippen molar-refractivity contribution in [3.63, 3.8) is 0 Å². The maximum absolute atomic E-state index is 5.63. The predicted octanol–water partition coefficient (Wildman–Crippen LogP) is 3.95. The van der Waals surface area contributed by atoms with Crippen LogP contribution in [0.1, 0.15) is 29.9 Å². The number of hydrogen-bond donors (Lipinski definition) is 1. The standard InChI is InChI=1S/C24H32N2O/c1-27-24-10-6-5-9-22(24)23-17-25-16-21(23)18-26-13-11-20(12-14-26)15-19-7-3-2-4-8-19/h2-10,20-21,23,25H,11-18H2,1H3. The van der Waals surface area contributed by atoms with Crippen molar-refractivity contribution >= 4 is 0 Å². The Morgan fingerprint density at radius 2 is 1.70 bits per heavy atom. The number of ether oxygens (including phenoxy) is 1. The van der Waals surface area contributed by atoms with E-state index in [2.05, 4.69) is 64.8 Å². The first-order valence-corrected chi connectivity index (χ1v) is 10.4. The summed E-state index contributed by atoms with van der Waals surface area (Å²) in [5.41, 5.74) is 2.86. The first-order valence-electron chi connectivity index (χ1n) is 10.4. The van der Waals surface area contributed by atoms with Crippen molar-refractivity contribution in [1.82, 2.24) is 10.2 Å². The second-order valence-electron chi connectivity index (χ2n) is 8.20. The number of likely N-dealkylation sites (tertiary alicyclic amines) is 1. The molecule has 2 aliphatic heterocycles. The first kappa shape index (κ1) is 18.5.